The minimum Gasteiger partial charge on any atom is -0.378 e. The Labute approximate surface area is 158 Å². The van der Waals surface area contributed by atoms with E-state index in [1.54, 1.807) is 4.90 Å². The number of ether oxygens (including phenoxy) is 1. The second kappa shape index (κ2) is 7.80. The van der Waals surface area contributed by atoms with Gasteiger partial charge in [-0.05, 0) is 30.3 Å². The van der Waals surface area contributed by atoms with Gasteiger partial charge in [0.05, 0.1) is 19.1 Å². The van der Waals surface area contributed by atoms with Gasteiger partial charge in [-0.2, -0.15) is 0 Å². The lowest BCUT2D eigenvalue weighted by atomic mass is 10.1. The molecule has 1 N–H and O–H groups in total. The van der Waals surface area contributed by atoms with Gasteiger partial charge < -0.3 is 19.9 Å². The maximum atomic E-state index is 12.7. The molecule has 140 valence electrons. The quantitative estimate of drug-likeness (QED) is 0.904. The summed E-state index contributed by atoms with van der Waals surface area (Å²) in [6.07, 6.45) is 0.240. The first-order valence-electron chi connectivity index (χ1n) is 9.30. The van der Waals surface area contributed by atoms with Crippen LogP contribution in [0.3, 0.4) is 0 Å². The predicted molar refractivity (Wildman–Crippen MR) is 105 cm³/mol. The van der Waals surface area contributed by atoms with Crippen LogP contribution >= 0.6 is 0 Å². The van der Waals surface area contributed by atoms with Crippen molar-refractivity contribution in [3.05, 3.63) is 54.6 Å². The number of hydrogen-bond acceptors (Lipinski definition) is 4. The molecule has 2 aliphatic heterocycles. The molecule has 0 radical (unpaired) electrons. The van der Waals surface area contributed by atoms with E-state index in [1.807, 2.05) is 54.6 Å². The Morgan fingerprint density at radius 1 is 1.00 bits per heavy atom. The summed E-state index contributed by atoms with van der Waals surface area (Å²) in [4.78, 5) is 29.0. The van der Waals surface area contributed by atoms with Crippen molar-refractivity contribution < 1.29 is 14.3 Å². The molecule has 4 rings (SSSR count). The zero-order valence-corrected chi connectivity index (χ0v) is 15.1. The van der Waals surface area contributed by atoms with E-state index in [2.05, 4.69) is 10.2 Å². The van der Waals surface area contributed by atoms with Gasteiger partial charge in [0.2, 0.25) is 11.8 Å². The molecule has 0 aliphatic carbocycles. The number of para-hydroxylation sites is 1. The molecule has 6 nitrogen and oxygen atoms in total. The van der Waals surface area contributed by atoms with Gasteiger partial charge in [0, 0.05) is 43.1 Å². The lowest BCUT2D eigenvalue weighted by molar-refractivity contribution is -0.122. The zero-order chi connectivity index (χ0) is 18.6. The van der Waals surface area contributed by atoms with E-state index in [-0.39, 0.29) is 24.2 Å². The molecule has 2 heterocycles. The maximum Gasteiger partial charge on any atom is 0.229 e. The van der Waals surface area contributed by atoms with Crippen LogP contribution in [0.4, 0.5) is 17.1 Å². The second-order valence-electron chi connectivity index (χ2n) is 6.88. The summed E-state index contributed by atoms with van der Waals surface area (Å²) in [5, 5.41) is 2.98. The van der Waals surface area contributed by atoms with Gasteiger partial charge in [-0.15, -0.1) is 0 Å². The molecule has 2 aliphatic rings. The number of anilines is 3. The Bertz CT molecular complexity index is 818. The van der Waals surface area contributed by atoms with Crippen LogP contribution in [0.1, 0.15) is 6.42 Å². The second-order valence-corrected chi connectivity index (χ2v) is 6.88. The fourth-order valence-corrected chi connectivity index (χ4v) is 3.59. The predicted octanol–water partition coefficient (Wildman–Crippen LogP) is 2.51. The molecule has 2 aromatic rings. The fourth-order valence-electron chi connectivity index (χ4n) is 3.59. The standard InChI is InChI=1S/C21H23N3O3/c25-20-13-16(15-24(20)18-6-2-1-3-7-18)21(26)22-17-5-4-8-19(14-17)23-9-11-27-12-10-23/h1-8,14,16H,9-13,15H2,(H,22,26). The van der Waals surface area contributed by atoms with E-state index in [0.29, 0.717) is 6.54 Å². The van der Waals surface area contributed by atoms with E-state index >= 15 is 0 Å². The van der Waals surface area contributed by atoms with Crippen molar-refractivity contribution in [2.24, 2.45) is 5.92 Å². The Morgan fingerprint density at radius 2 is 1.74 bits per heavy atom. The molecule has 2 fully saturated rings. The molecular weight excluding hydrogens is 342 g/mol. The van der Waals surface area contributed by atoms with Crippen molar-refractivity contribution in [2.45, 2.75) is 6.42 Å². The van der Waals surface area contributed by atoms with Crippen LogP contribution in [0.5, 0.6) is 0 Å². The van der Waals surface area contributed by atoms with Crippen LogP contribution in [0.15, 0.2) is 54.6 Å². The molecule has 0 spiro atoms. The third-order valence-electron chi connectivity index (χ3n) is 5.05. The van der Waals surface area contributed by atoms with Crippen LogP contribution in [0.2, 0.25) is 0 Å². The highest BCUT2D eigenvalue weighted by molar-refractivity contribution is 6.03. The number of nitrogens with one attached hydrogen (secondary N) is 1. The Morgan fingerprint density at radius 3 is 2.52 bits per heavy atom. The molecule has 2 aromatic carbocycles. The summed E-state index contributed by atoms with van der Waals surface area (Å²) in [6, 6.07) is 17.3. The topological polar surface area (TPSA) is 61.9 Å². The largest absolute Gasteiger partial charge is 0.378 e. The number of rotatable bonds is 4. The van der Waals surface area contributed by atoms with Crippen molar-refractivity contribution in [1.82, 2.24) is 0 Å². The van der Waals surface area contributed by atoms with Crippen molar-refractivity contribution >= 4 is 28.9 Å². The van der Waals surface area contributed by atoms with Crippen molar-refractivity contribution in [2.75, 3.05) is 48.0 Å². The van der Waals surface area contributed by atoms with Crippen molar-refractivity contribution in [3.63, 3.8) is 0 Å². The van der Waals surface area contributed by atoms with Gasteiger partial charge in [0.1, 0.15) is 0 Å². The van der Waals surface area contributed by atoms with Crippen LogP contribution in [0, 0.1) is 5.92 Å². The van der Waals surface area contributed by atoms with E-state index in [9.17, 15) is 9.59 Å². The number of hydrogen-bond donors (Lipinski definition) is 1. The number of morpholine rings is 1. The monoisotopic (exact) mass is 365 g/mol. The molecule has 2 saturated heterocycles. The summed E-state index contributed by atoms with van der Waals surface area (Å²) in [5.41, 5.74) is 2.67. The number of nitrogens with zero attached hydrogens (tertiary/aromatic N) is 2. The zero-order valence-electron chi connectivity index (χ0n) is 15.1. The normalized spacial score (nSPS) is 20.0. The SMILES string of the molecule is O=C(Nc1cccc(N2CCOCC2)c1)C1CC(=O)N(c2ccccc2)C1. The van der Waals surface area contributed by atoms with Gasteiger partial charge in [-0.3, -0.25) is 9.59 Å². The van der Waals surface area contributed by atoms with Crippen molar-refractivity contribution in [3.8, 4) is 0 Å². The van der Waals surface area contributed by atoms with Crippen LogP contribution in [-0.2, 0) is 14.3 Å². The van der Waals surface area contributed by atoms with Gasteiger partial charge in [0.25, 0.3) is 0 Å². The highest BCUT2D eigenvalue weighted by atomic mass is 16.5. The molecule has 0 aromatic heterocycles. The summed E-state index contributed by atoms with van der Waals surface area (Å²) >= 11 is 0. The minimum atomic E-state index is -0.343. The fraction of sp³-hybridized carbons (Fsp3) is 0.333. The maximum absolute atomic E-state index is 12.7. The first kappa shape index (κ1) is 17.5. The lowest BCUT2D eigenvalue weighted by Crippen LogP contribution is -2.36. The summed E-state index contributed by atoms with van der Waals surface area (Å²) in [5.74, 6) is -0.464. The van der Waals surface area contributed by atoms with E-state index < -0.39 is 0 Å². The third-order valence-corrected chi connectivity index (χ3v) is 5.05. The van der Waals surface area contributed by atoms with Crippen molar-refractivity contribution in [1.29, 1.82) is 0 Å². The average molecular weight is 365 g/mol. The summed E-state index contributed by atoms with van der Waals surface area (Å²) < 4.78 is 5.39. The summed E-state index contributed by atoms with van der Waals surface area (Å²) in [7, 11) is 0. The first-order chi connectivity index (χ1) is 13.2. The number of amides is 2. The Kier molecular flexibility index (Phi) is 5.07. The lowest BCUT2D eigenvalue weighted by Gasteiger charge is -2.29. The number of benzene rings is 2. The molecule has 0 bridgehead atoms. The van der Waals surface area contributed by atoms with E-state index in [0.717, 1.165) is 43.4 Å². The number of carbonyl (C=O) groups excluding carboxylic acids is 2. The smallest absolute Gasteiger partial charge is 0.229 e. The Balaban J connectivity index is 1.41. The highest BCUT2D eigenvalue weighted by Crippen LogP contribution is 2.26. The minimum absolute atomic E-state index is 0.0107. The third kappa shape index (κ3) is 3.95. The van der Waals surface area contributed by atoms with Gasteiger partial charge in [-0.1, -0.05) is 24.3 Å². The van der Waals surface area contributed by atoms with Gasteiger partial charge in [-0.25, -0.2) is 0 Å². The van der Waals surface area contributed by atoms with Crippen LogP contribution in [0.25, 0.3) is 0 Å². The average Bonchev–Trinajstić information content (AvgIpc) is 3.11. The molecular formula is C21H23N3O3. The molecule has 0 saturated carbocycles. The van der Waals surface area contributed by atoms with Crippen LogP contribution < -0.4 is 15.1 Å². The molecule has 1 unspecified atom stereocenters. The van der Waals surface area contributed by atoms with Gasteiger partial charge >= 0.3 is 0 Å². The van der Waals surface area contributed by atoms with E-state index in [4.69, 9.17) is 4.74 Å². The Hall–Kier alpha value is -2.86. The molecule has 6 heteroatoms. The van der Waals surface area contributed by atoms with Crippen LogP contribution in [-0.4, -0.2) is 44.7 Å². The van der Waals surface area contributed by atoms with Gasteiger partial charge in [0.15, 0.2) is 0 Å². The summed E-state index contributed by atoms with van der Waals surface area (Å²) in [6.45, 7) is 3.55. The first-order valence-corrected chi connectivity index (χ1v) is 9.30. The molecule has 1 atom stereocenters. The number of carbonyl (C=O) groups is 2. The highest BCUT2D eigenvalue weighted by Gasteiger charge is 2.35. The molecule has 27 heavy (non-hydrogen) atoms. The molecule has 2 amide bonds. The van der Waals surface area contributed by atoms with E-state index in [1.165, 1.54) is 0 Å².